The number of fused-ring (bicyclic) bond motifs is 2. The van der Waals surface area contributed by atoms with E-state index in [-0.39, 0.29) is 11.7 Å². The summed E-state index contributed by atoms with van der Waals surface area (Å²) in [6.45, 7) is 0.460. The molecule has 3 rings (SSSR count). The summed E-state index contributed by atoms with van der Waals surface area (Å²) >= 11 is 0. The first-order valence-electron chi connectivity index (χ1n) is 5.89. The minimum absolute atomic E-state index is 0.0688. The molecule has 0 aliphatic carbocycles. The largest absolute Gasteiger partial charge is 0.455 e. The molecule has 0 amide bonds. The Kier molecular flexibility index (Phi) is 2.72. The lowest BCUT2D eigenvalue weighted by Crippen LogP contribution is -2.14. The van der Waals surface area contributed by atoms with Gasteiger partial charge in [-0.15, -0.1) is 0 Å². The maximum Gasteiger partial charge on any atom is 0.151 e. The molecule has 0 radical (unpaired) electrons. The van der Waals surface area contributed by atoms with Gasteiger partial charge in [-0.05, 0) is 24.6 Å². The Morgan fingerprint density at radius 3 is 2.94 bits per heavy atom. The molecular formula is C14H13FN2O. The van der Waals surface area contributed by atoms with E-state index in [1.807, 2.05) is 24.3 Å². The second kappa shape index (κ2) is 4.38. The van der Waals surface area contributed by atoms with Crippen LogP contribution in [-0.4, -0.2) is 11.5 Å². The first-order valence-corrected chi connectivity index (χ1v) is 5.89. The van der Waals surface area contributed by atoms with Crippen molar-refractivity contribution in [2.24, 2.45) is 5.73 Å². The molecule has 4 heteroatoms. The molecule has 1 aromatic heterocycles. The smallest absolute Gasteiger partial charge is 0.151 e. The van der Waals surface area contributed by atoms with Crippen molar-refractivity contribution in [2.45, 2.75) is 12.3 Å². The summed E-state index contributed by atoms with van der Waals surface area (Å²) in [5.41, 5.74) is 7.38. The van der Waals surface area contributed by atoms with Crippen LogP contribution in [0.25, 0.3) is 0 Å². The van der Waals surface area contributed by atoms with Gasteiger partial charge >= 0.3 is 0 Å². The number of rotatable bonds is 1. The average Bonchev–Trinajstić information content (AvgIpc) is 2.55. The number of halogens is 1. The molecule has 0 spiro atoms. The van der Waals surface area contributed by atoms with Gasteiger partial charge in [-0.3, -0.25) is 4.98 Å². The number of hydrogen-bond donors (Lipinski definition) is 1. The molecule has 0 bridgehead atoms. The summed E-state index contributed by atoms with van der Waals surface area (Å²) in [6, 6.07) is 7.68. The van der Waals surface area contributed by atoms with Crippen LogP contribution in [0.3, 0.4) is 0 Å². The summed E-state index contributed by atoms with van der Waals surface area (Å²) in [7, 11) is 0. The second-order valence-corrected chi connectivity index (χ2v) is 4.37. The van der Waals surface area contributed by atoms with Gasteiger partial charge in [0.15, 0.2) is 5.75 Å². The zero-order chi connectivity index (χ0) is 12.5. The van der Waals surface area contributed by atoms with Gasteiger partial charge < -0.3 is 10.5 Å². The molecular weight excluding hydrogens is 231 g/mol. The summed E-state index contributed by atoms with van der Waals surface area (Å²) < 4.78 is 19.6. The van der Waals surface area contributed by atoms with E-state index in [1.54, 1.807) is 6.20 Å². The van der Waals surface area contributed by atoms with Gasteiger partial charge in [0.2, 0.25) is 0 Å². The molecule has 2 N–H and O–H groups in total. The fraction of sp³-hybridized carbons (Fsp3) is 0.214. The fourth-order valence-corrected chi connectivity index (χ4v) is 2.33. The minimum atomic E-state index is -0.334. The predicted octanol–water partition coefficient (Wildman–Crippen LogP) is 2.61. The Morgan fingerprint density at radius 2 is 2.11 bits per heavy atom. The Balaban J connectivity index is 2.16. The van der Waals surface area contributed by atoms with Crippen LogP contribution in [0.2, 0.25) is 0 Å². The Morgan fingerprint density at radius 1 is 1.28 bits per heavy atom. The van der Waals surface area contributed by atoms with Crippen molar-refractivity contribution in [3.05, 3.63) is 53.6 Å². The highest BCUT2D eigenvalue weighted by Gasteiger charge is 2.24. The first kappa shape index (κ1) is 11.2. The highest BCUT2D eigenvalue weighted by atomic mass is 19.1. The highest BCUT2D eigenvalue weighted by Crippen LogP contribution is 2.39. The van der Waals surface area contributed by atoms with Crippen molar-refractivity contribution < 1.29 is 9.13 Å². The third kappa shape index (κ3) is 1.75. The molecule has 2 aromatic rings. The van der Waals surface area contributed by atoms with Crippen LogP contribution in [0.4, 0.5) is 4.39 Å². The van der Waals surface area contributed by atoms with Crippen molar-refractivity contribution in [1.29, 1.82) is 0 Å². The van der Waals surface area contributed by atoms with E-state index in [9.17, 15) is 4.39 Å². The third-order valence-electron chi connectivity index (χ3n) is 3.28. The zero-order valence-electron chi connectivity index (χ0n) is 9.77. The van der Waals surface area contributed by atoms with E-state index >= 15 is 0 Å². The van der Waals surface area contributed by atoms with Gasteiger partial charge in [0.05, 0.1) is 12.4 Å². The lowest BCUT2D eigenvalue weighted by atomic mass is 9.92. The van der Waals surface area contributed by atoms with E-state index in [2.05, 4.69) is 4.98 Å². The highest BCUT2D eigenvalue weighted by molar-refractivity contribution is 5.46. The summed E-state index contributed by atoms with van der Waals surface area (Å²) in [4.78, 5) is 3.83. The molecule has 1 aliphatic rings. The van der Waals surface area contributed by atoms with Gasteiger partial charge in [-0.25, -0.2) is 4.39 Å². The molecule has 18 heavy (non-hydrogen) atoms. The van der Waals surface area contributed by atoms with Crippen LogP contribution in [0, 0.1) is 5.82 Å². The van der Waals surface area contributed by atoms with Crippen molar-refractivity contribution in [1.82, 2.24) is 4.98 Å². The molecule has 3 nitrogen and oxygen atoms in total. The van der Waals surface area contributed by atoms with Crippen molar-refractivity contribution >= 4 is 0 Å². The SMILES string of the molecule is NC[C@@H]1Cc2c(F)cncc2Oc2ccccc21. The molecule has 0 saturated heterocycles. The number of pyridine rings is 1. The number of ether oxygens (including phenoxy) is 1. The maximum atomic E-state index is 13.8. The van der Waals surface area contributed by atoms with Gasteiger partial charge in [0, 0.05) is 11.5 Å². The number of benzene rings is 1. The van der Waals surface area contributed by atoms with E-state index in [0.29, 0.717) is 24.3 Å². The van der Waals surface area contributed by atoms with Crippen molar-refractivity contribution in [3.63, 3.8) is 0 Å². The number of nitrogens with zero attached hydrogens (tertiary/aromatic N) is 1. The van der Waals surface area contributed by atoms with Crippen LogP contribution in [0.1, 0.15) is 17.0 Å². The topological polar surface area (TPSA) is 48.1 Å². The lowest BCUT2D eigenvalue weighted by Gasteiger charge is -2.13. The van der Waals surface area contributed by atoms with E-state index in [1.165, 1.54) is 6.20 Å². The number of nitrogens with two attached hydrogens (primary N) is 1. The number of aromatic nitrogens is 1. The Hall–Kier alpha value is -1.94. The quantitative estimate of drug-likeness (QED) is 0.838. The lowest BCUT2D eigenvalue weighted by molar-refractivity contribution is 0.468. The van der Waals surface area contributed by atoms with Gasteiger partial charge in [-0.2, -0.15) is 0 Å². The molecule has 2 heterocycles. The summed E-state index contributed by atoms with van der Waals surface area (Å²) in [5.74, 6) is 0.954. The predicted molar refractivity (Wildman–Crippen MR) is 66.2 cm³/mol. The first-order chi connectivity index (χ1) is 8.79. The van der Waals surface area contributed by atoms with Crippen LogP contribution in [0.15, 0.2) is 36.7 Å². The van der Waals surface area contributed by atoms with E-state index in [4.69, 9.17) is 10.5 Å². The second-order valence-electron chi connectivity index (χ2n) is 4.37. The van der Waals surface area contributed by atoms with Crippen LogP contribution in [0.5, 0.6) is 11.5 Å². The Bertz CT molecular complexity index is 586. The van der Waals surface area contributed by atoms with Gasteiger partial charge in [0.25, 0.3) is 0 Å². The standard InChI is InChI=1S/C14H13FN2O/c15-12-7-17-8-14-11(12)5-9(6-16)10-3-1-2-4-13(10)18-14/h1-4,7-9H,5-6,16H2/t9-/m0/s1. The van der Waals surface area contributed by atoms with Gasteiger partial charge in [0.1, 0.15) is 11.6 Å². The maximum absolute atomic E-state index is 13.8. The summed E-state index contributed by atoms with van der Waals surface area (Å²) in [6.07, 6.45) is 3.30. The van der Waals surface area contributed by atoms with Crippen LogP contribution < -0.4 is 10.5 Å². The van der Waals surface area contributed by atoms with Crippen molar-refractivity contribution in [3.8, 4) is 11.5 Å². The van der Waals surface area contributed by atoms with Crippen LogP contribution in [-0.2, 0) is 6.42 Å². The average molecular weight is 244 g/mol. The molecule has 1 aromatic carbocycles. The number of hydrogen-bond acceptors (Lipinski definition) is 3. The normalized spacial score (nSPS) is 17.3. The summed E-state index contributed by atoms with van der Waals surface area (Å²) in [5, 5.41) is 0. The van der Waals surface area contributed by atoms with E-state index < -0.39 is 0 Å². The van der Waals surface area contributed by atoms with Gasteiger partial charge in [-0.1, -0.05) is 18.2 Å². The molecule has 92 valence electrons. The minimum Gasteiger partial charge on any atom is -0.455 e. The molecule has 1 aliphatic heterocycles. The van der Waals surface area contributed by atoms with E-state index in [0.717, 1.165) is 11.3 Å². The van der Waals surface area contributed by atoms with Crippen LogP contribution >= 0.6 is 0 Å². The van der Waals surface area contributed by atoms with Crippen molar-refractivity contribution in [2.75, 3.05) is 6.54 Å². The molecule has 0 unspecified atom stereocenters. The molecule has 0 fully saturated rings. The molecule has 1 atom stereocenters. The zero-order valence-corrected chi connectivity index (χ0v) is 9.77. The third-order valence-corrected chi connectivity index (χ3v) is 3.28. The monoisotopic (exact) mass is 244 g/mol. The number of para-hydroxylation sites is 1. The Labute approximate surface area is 104 Å². The molecule has 0 saturated carbocycles. The fourth-order valence-electron chi connectivity index (χ4n) is 2.33.